The molecule has 1 saturated heterocycles. The molecule has 5 rings (SSSR count). The number of aromatic nitrogens is 1. The minimum atomic E-state index is -0.428. The van der Waals surface area contributed by atoms with E-state index in [4.69, 9.17) is 14.5 Å². The van der Waals surface area contributed by atoms with Gasteiger partial charge in [-0.3, -0.25) is 24.7 Å². The van der Waals surface area contributed by atoms with Gasteiger partial charge in [0.2, 0.25) is 0 Å². The maximum absolute atomic E-state index is 13.7. The highest BCUT2D eigenvalue weighted by atomic mass is 32.1. The number of nitrogens with zero attached hydrogens (tertiary/aromatic N) is 4. The number of nitro groups is 1. The van der Waals surface area contributed by atoms with E-state index >= 15 is 0 Å². The van der Waals surface area contributed by atoms with Gasteiger partial charge in [0.05, 0.1) is 40.3 Å². The Bertz CT molecular complexity index is 1360. The summed E-state index contributed by atoms with van der Waals surface area (Å²) in [5.41, 5.74) is 0.782. The van der Waals surface area contributed by atoms with E-state index in [1.165, 1.54) is 34.8 Å². The summed E-state index contributed by atoms with van der Waals surface area (Å²) in [6, 6.07) is 12.1. The fourth-order valence-corrected chi connectivity index (χ4v) is 5.83. The molecule has 1 amide bonds. The van der Waals surface area contributed by atoms with Crippen LogP contribution in [0.4, 0.5) is 10.8 Å². The number of fused-ring (bicyclic) bond motifs is 2. The molecule has 1 aliphatic heterocycles. The van der Waals surface area contributed by atoms with Gasteiger partial charge in [0.15, 0.2) is 5.13 Å². The van der Waals surface area contributed by atoms with Gasteiger partial charge in [-0.15, -0.1) is 11.3 Å². The molecular weight excluding hydrogens is 476 g/mol. The van der Waals surface area contributed by atoms with Crippen LogP contribution in [0.3, 0.4) is 0 Å². The number of thiazole rings is 1. The van der Waals surface area contributed by atoms with Crippen molar-refractivity contribution >= 4 is 59.7 Å². The largest absolute Gasteiger partial charge is 0.497 e. The molecule has 0 saturated carbocycles. The standard InChI is InChI=1S/C23H22N4O5S2/c1-31-17-3-5-20-18(14-17)24-23(34-20)26(7-6-25-8-10-32-11-9-25)22(28)21-13-15-12-16(27(29)30)2-4-19(15)33-21/h2-5,12-14H,6-11H2,1H3. The lowest BCUT2D eigenvalue weighted by atomic mass is 10.2. The molecule has 176 valence electrons. The highest BCUT2D eigenvalue weighted by Gasteiger charge is 2.25. The van der Waals surface area contributed by atoms with E-state index in [1.807, 2.05) is 18.2 Å². The predicted octanol–water partition coefficient (Wildman–Crippen LogP) is 4.41. The molecule has 4 aromatic rings. The Morgan fingerprint density at radius 2 is 1.97 bits per heavy atom. The third kappa shape index (κ3) is 4.60. The lowest BCUT2D eigenvalue weighted by Crippen LogP contribution is -2.43. The van der Waals surface area contributed by atoms with Gasteiger partial charge in [-0.05, 0) is 24.3 Å². The van der Waals surface area contributed by atoms with Crippen molar-refractivity contribution in [1.29, 1.82) is 0 Å². The predicted molar refractivity (Wildman–Crippen MR) is 134 cm³/mol. The first-order chi connectivity index (χ1) is 16.5. The van der Waals surface area contributed by atoms with Crippen molar-refractivity contribution in [2.45, 2.75) is 0 Å². The summed E-state index contributed by atoms with van der Waals surface area (Å²) < 4.78 is 12.5. The summed E-state index contributed by atoms with van der Waals surface area (Å²) in [7, 11) is 1.61. The topological polar surface area (TPSA) is 98.0 Å². The molecule has 0 aliphatic carbocycles. The molecule has 3 heterocycles. The lowest BCUT2D eigenvalue weighted by Gasteiger charge is -2.29. The number of rotatable bonds is 7. The zero-order valence-corrected chi connectivity index (χ0v) is 20.1. The zero-order valence-electron chi connectivity index (χ0n) is 18.4. The number of benzene rings is 2. The van der Waals surface area contributed by atoms with Crippen LogP contribution in [0.2, 0.25) is 0 Å². The van der Waals surface area contributed by atoms with Gasteiger partial charge in [0.25, 0.3) is 11.6 Å². The molecule has 2 aromatic heterocycles. The van der Waals surface area contributed by atoms with Crippen LogP contribution >= 0.6 is 22.7 Å². The monoisotopic (exact) mass is 498 g/mol. The Morgan fingerprint density at radius 1 is 1.18 bits per heavy atom. The van der Waals surface area contributed by atoms with Crippen molar-refractivity contribution in [3.05, 3.63) is 57.5 Å². The molecule has 0 bridgehead atoms. The Labute approximate surface area is 203 Å². The van der Waals surface area contributed by atoms with Crippen molar-refractivity contribution in [1.82, 2.24) is 9.88 Å². The van der Waals surface area contributed by atoms with Gasteiger partial charge in [0, 0.05) is 54.5 Å². The summed E-state index contributed by atoms with van der Waals surface area (Å²) in [6.07, 6.45) is 0. The number of non-ortho nitro benzene ring substituents is 1. The normalized spacial score (nSPS) is 14.5. The van der Waals surface area contributed by atoms with Crippen molar-refractivity contribution in [2.75, 3.05) is 51.4 Å². The number of anilines is 1. The second-order valence-electron chi connectivity index (χ2n) is 7.83. The highest BCUT2D eigenvalue weighted by molar-refractivity contribution is 7.23. The lowest BCUT2D eigenvalue weighted by molar-refractivity contribution is -0.384. The number of methoxy groups -OCH3 is 1. The summed E-state index contributed by atoms with van der Waals surface area (Å²) in [5, 5.41) is 12.5. The van der Waals surface area contributed by atoms with E-state index in [0.717, 1.165) is 28.0 Å². The van der Waals surface area contributed by atoms with Crippen LogP contribution in [-0.2, 0) is 4.74 Å². The van der Waals surface area contributed by atoms with Crippen LogP contribution < -0.4 is 9.64 Å². The van der Waals surface area contributed by atoms with Gasteiger partial charge in [0.1, 0.15) is 5.75 Å². The van der Waals surface area contributed by atoms with E-state index in [-0.39, 0.29) is 11.6 Å². The summed E-state index contributed by atoms with van der Waals surface area (Å²) >= 11 is 2.79. The highest BCUT2D eigenvalue weighted by Crippen LogP contribution is 2.34. The summed E-state index contributed by atoms with van der Waals surface area (Å²) in [6.45, 7) is 4.19. The summed E-state index contributed by atoms with van der Waals surface area (Å²) in [4.78, 5) is 33.7. The second kappa shape index (κ2) is 9.63. The van der Waals surface area contributed by atoms with E-state index in [2.05, 4.69) is 4.90 Å². The molecular formula is C23H22N4O5S2. The Balaban J connectivity index is 1.48. The SMILES string of the molecule is COc1ccc2sc(N(CCN3CCOCC3)C(=O)c3cc4cc([N+](=O)[O-])ccc4s3)nc2c1. The van der Waals surface area contributed by atoms with E-state index in [0.29, 0.717) is 47.4 Å². The fourth-order valence-electron chi connectivity index (χ4n) is 3.87. The first-order valence-corrected chi connectivity index (χ1v) is 12.4. The van der Waals surface area contributed by atoms with E-state index < -0.39 is 4.92 Å². The minimum Gasteiger partial charge on any atom is -0.497 e. The van der Waals surface area contributed by atoms with E-state index in [9.17, 15) is 14.9 Å². The van der Waals surface area contributed by atoms with Crippen molar-refractivity contribution in [2.24, 2.45) is 0 Å². The first-order valence-electron chi connectivity index (χ1n) is 10.8. The van der Waals surface area contributed by atoms with Gasteiger partial charge < -0.3 is 9.47 Å². The average Bonchev–Trinajstić information content (AvgIpc) is 3.47. The number of amides is 1. The molecule has 0 radical (unpaired) electrons. The van der Waals surface area contributed by atoms with Crippen LogP contribution in [0.5, 0.6) is 5.75 Å². The molecule has 0 unspecified atom stereocenters. The number of nitro benzene ring substituents is 1. The molecule has 1 fully saturated rings. The summed E-state index contributed by atoms with van der Waals surface area (Å²) in [5.74, 6) is 0.546. The van der Waals surface area contributed by atoms with Crippen LogP contribution in [0.1, 0.15) is 9.67 Å². The third-order valence-electron chi connectivity index (χ3n) is 5.72. The molecule has 0 spiro atoms. The number of carbonyl (C=O) groups is 1. The molecule has 0 N–H and O–H groups in total. The van der Waals surface area contributed by atoms with Crippen LogP contribution in [0.25, 0.3) is 20.3 Å². The van der Waals surface area contributed by atoms with E-state index in [1.54, 1.807) is 24.1 Å². The number of hydrogen-bond acceptors (Lipinski definition) is 9. The quantitative estimate of drug-likeness (QED) is 0.275. The Morgan fingerprint density at radius 3 is 2.74 bits per heavy atom. The number of hydrogen-bond donors (Lipinski definition) is 0. The minimum absolute atomic E-state index is 0.00796. The van der Waals surface area contributed by atoms with Crippen molar-refractivity contribution in [3.8, 4) is 5.75 Å². The van der Waals surface area contributed by atoms with Gasteiger partial charge in [-0.25, -0.2) is 4.98 Å². The van der Waals surface area contributed by atoms with Crippen LogP contribution in [0, 0.1) is 10.1 Å². The molecule has 34 heavy (non-hydrogen) atoms. The average molecular weight is 499 g/mol. The van der Waals surface area contributed by atoms with Gasteiger partial charge >= 0.3 is 0 Å². The van der Waals surface area contributed by atoms with Gasteiger partial charge in [-0.2, -0.15) is 0 Å². The smallest absolute Gasteiger partial charge is 0.270 e. The first kappa shape index (κ1) is 22.7. The number of morpholine rings is 1. The number of carbonyl (C=O) groups excluding carboxylic acids is 1. The third-order valence-corrected chi connectivity index (χ3v) is 7.89. The van der Waals surface area contributed by atoms with Crippen molar-refractivity contribution in [3.63, 3.8) is 0 Å². The van der Waals surface area contributed by atoms with Crippen molar-refractivity contribution < 1.29 is 19.2 Å². The molecule has 11 heteroatoms. The zero-order chi connectivity index (χ0) is 23.7. The molecule has 0 atom stereocenters. The fraction of sp³-hybridized carbons (Fsp3) is 0.304. The molecule has 2 aromatic carbocycles. The molecule has 1 aliphatic rings. The second-order valence-corrected chi connectivity index (χ2v) is 9.92. The Hall–Kier alpha value is -3.12. The van der Waals surface area contributed by atoms with Gasteiger partial charge in [-0.1, -0.05) is 11.3 Å². The number of ether oxygens (including phenoxy) is 2. The number of thiophene rings is 1. The molecule has 9 nitrogen and oxygen atoms in total. The van der Waals surface area contributed by atoms with Crippen LogP contribution in [0.15, 0.2) is 42.5 Å². The maximum Gasteiger partial charge on any atom is 0.270 e. The Kier molecular flexibility index (Phi) is 6.42. The maximum atomic E-state index is 13.7. The van der Waals surface area contributed by atoms with Crippen LogP contribution in [-0.4, -0.2) is 67.2 Å².